The summed E-state index contributed by atoms with van der Waals surface area (Å²) in [6.07, 6.45) is 3.62. The smallest absolute Gasteiger partial charge is 0.253 e. The van der Waals surface area contributed by atoms with Crippen molar-refractivity contribution in [3.8, 4) is 6.07 Å². The fraction of sp³-hybridized carbons (Fsp3) is 0.481. The molecule has 4 rings (SSSR count). The Morgan fingerprint density at radius 3 is 2.56 bits per heavy atom. The van der Waals surface area contributed by atoms with E-state index in [4.69, 9.17) is 5.26 Å². The van der Waals surface area contributed by atoms with Gasteiger partial charge in [-0.1, -0.05) is 19.1 Å². The molecule has 1 aromatic heterocycles. The Balaban J connectivity index is 1.31. The maximum absolute atomic E-state index is 13.3. The van der Waals surface area contributed by atoms with E-state index in [1.807, 2.05) is 23.1 Å². The van der Waals surface area contributed by atoms with Crippen molar-refractivity contribution in [3.63, 3.8) is 0 Å². The molecule has 1 saturated carbocycles. The molecule has 8 nitrogen and oxygen atoms in total. The molecule has 1 aromatic carbocycles. The van der Waals surface area contributed by atoms with Crippen molar-refractivity contribution < 1.29 is 14.0 Å². The summed E-state index contributed by atoms with van der Waals surface area (Å²) in [5.74, 6) is -0.267. The van der Waals surface area contributed by atoms with Crippen LogP contribution < -0.4 is 10.6 Å². The molecule has 2 heterocycles. The third kappa shape index (κ3) is 6.65. The Morgan fingerprint density at radius 2 is 1.92 bits per heavy atom. The summed E-state index contributed by atoms with van der Waals surface area (Å²) in [7, 11) is 0. The summed E-state index contributed by atoms with van der Waals surface area (Å²) in [6, 6.07) is 11.4. The molecule has 0 radical (unpaired) electrons. The van der Waals surface area contributed by atoms with Crippen molar-refractivity contribution in [2.24, 2.45) is 0 Å². The lowest BCUT2D eigenvalue weighted by Gasteiger charge is -2.36. The van der Waals surface area contributed by atoms with E-state index in [0.717, 1.165) is 44.6 Å². The second-order valence-electron chi connectivity index (χ2n) is 9.43. The second-order valence-corrected chi connectivity index (χ2v) is 9.43. The highest BCUT2D eigenvalue weighted by molar-refractivity contribution is 5.97. The summed E-state index contributed by atoms with van der Waals surface area (Å²) in [4.78, 5) is 34.3. The van der Waals surface area contributed by atoms with Crippen LogP contribution in [0.5, 0.6) is 0 Å². The molecule has 2 amide bonds. The molecule has 1 saturated heterocycles. The quantitative estimate of drug-likeness (QED) is 0.494. The number of carbonyl (C=O) groups is 2. The Bertz CT molecular complexity index is 1080. The van der Waals surface area contributed by atoms with Crippen LogP contribution in [-0.4, -0.2) is 78.0 Å². The first-order valence-corrected chi connectivity index (χ1v) is 12.7. The van der Waals surface area contributed by atoms with Gasteiger partial charge in [0.25, 0.3) is 5.91 Å². The van der Waals surface area contributed by atoms with Gasteiger partial charge < -0.3 is 20.4 Å². The van der Waals surface area contributed by atoms with Crippen LogP contribution in [0.3, 0.4) is 0 Å². The lowest BCUT2D eigenvalue weighted by Crippen LogP contribution is -2.55. The number of carbonyl (C=O) groups excluding carboxylic acids is 2. The SMILES string of the molecule is CCN1CCN(C(=O)[C@H](CCCN[C@@H]2C[C@H]2c2ccc(F)cc2)NC(=O)c2ccc(C#N)nc2)CC1. The van der Waals surface area contributed by atoms with E-state index >= 15 is 0 Å². The van der Waals surface area contributed by atoms with Gasteiger partial charge in [0.15, 0.2) is 0 Å². The van der Waals surface area contributed by atoms with Crippen molar-refractivity contribution in [3.05, 3.63) is 65.2 Å². The summed E-state index contributed by atoms with van der Waals surface area (Å²) < 4.78 is 13.2. The molecule has 2 aliphatic rings. The van der Waals surface area contributed by atoms with E-state index in [1.54, 1.807) is 6.07 Å². The predicted octanol–water partition coefficient (Wildman–Crippen LogP) is 2.28. The van der Waals surface area contributed by atoms with Gasteiger partial charge in [0.2, 0.25) is 5.91 Å². The maximum atomic E-state index is 13.3. The minimum absolute atomic E-state index is 0.0590. The number of aromatic nitrogens is 1. The summed E-state index contributed by atoms with van der Waals surface area (Å²) in [5, 5.41) is 15.4. The molecular formula is C27H33FN6O2. The lowest BCUT2D eigenvalue weighted by molar-refractivity contribution is -0.135. The monoisotopic (exact) mass is 492 g/mol. The van der Waals surface area contributed by atoms with E-state index in [-0.39, 0.29) is 23.3 Å². The number of hydrogen-bond acceptors (Lipinski definition) is 6. The zero-order valence-corrected chi connectivity index (χ0v) is 20.6. The highest BCUT2D eigenvalue weighted by Gasteiger charge is 2.37. The number of nitriles is 1. The van der Waals surface area contributed by atoms with Crippen LogP contribution in [0.15, 0.2) is 42.6 Å². The first-order valence-electron chi connectivity index (χ1n) is 12.7. The highest BCUT2D eigenvalue weighted by Crippen LogP contribution is 2.40. The minimum atomic E-state index is -0.629. The van der Waals surface area contributed by atoms with Gasteiger partial charge in [-0.2, -0.15) is 5.26 Å². The fourth-order valence-electron chi connectivity index (χ4n) is 4.69. The third-order valence-electron chi connectivity index (χ3n) is 7.04. The van der Waals surface area contributed by atoms with E-state index in [2.05, 4.69) is 27.4 Å². The van der Waals surface area contributed by atoms with Crippen LogP contribution in [0, 0.1) is 17.1 Å². The zero-order chi connectivity index (χ0) is 25.5. The van der Waals surface area contributed by atoms with Gasteiger partial charge >= 0.3 is 0 Å². The van der Waals surface area contributed by atoms with Gasteiger partial charge in [0.1, 0.15) is 23.6 Å². The van der Waals surface area contributed by atoms with Crippen LogP contribution in [-0.2, 0) is 4.79 Å². The Hall–Kier alpha value is -3.35. The fourth-order valence-corrected chi connectivity index (χ4v) is 4.69. The zero-order valence-electron chi connectivity index (χ0n) is 20.6. The number of benzene rings is 1. The molecule has 190 valence electrons. The van der Waals surface area contributed by atoms with Gasteiger partial charge in [0, 0.05) is 44.3 Å². The number of pyridine rings is 1. The van der Waals surface area contributed by atoms with Crippen LogP contribution >= 0.6 is 0 Å². The molecule has 36 heavy (non-hydrogen) atoms. The Labute approximate surface area is 211 Å². The minimum Gasteiger partial charge on any atom is -0.340 e. The predicted molar refractivity (Wildman–Crippen MR) is 134 cm³/mol. The van der Waals surface area contributed by atoms with E-state index in [9.17, 15) is 14.0 Å². The molecular weight excluding hydrogens is 459 g/mol. The number of hydrogen-bond donors (Lipinski definition) is 2. The average Bonchev–Trinajstić information content (AvgIpc) is 3.70. The van der Waals surface area contributed by atoms with Crippen LogP contribution in [0.4, 0.5) is 4.39 Å². The van der Waals surface area contributed by atoms with Gasteiger partial charge in [-0.3, -0.25) is 9.59 Å². The first-order chi connectivity index (χ1) is 17.5. The molecule has 1 aliphatic carbocycles. The van der Waals surface area contributed by atoms with Gasteiger partial charge in [0.05, 0.1) is 5.56 Å². The van der Waals surface area contributed by atoms with Crippen LogP contribution in [0.1, 0.15) is 53.7 Å². The first kappa shape index (κ1) is 25.7. The number of nitrogens with zero attached hydrogens (tertiary/aromatic N) is 4. The largest absolute Gasteiger partial charge is 0.340 e. The summed E-state index contributed by atoms with van der Waals surface area (Å²) in [5.41, 5.74) is 1.69. The Kier molecular flexibility index (Phi) is 8.62. The molecule has 0 spiro atoms. The van der Waals surface area contributed by atoms with E-state index in [1.165, 1.54) is 24.4 Å². The molecule has 0 unspecified atom stereocenters. The average molecular weight is 493 g/mol. The maximum Gasteiger partial charge on any atom is 0.253 e. The summed E-state index contributed by atoms with van der Waals surface area (Å²) >= 11 is 0. The molecule has 1 aliphatic heterocycles. The molecule has 2 N–H and O–H groups in total. The van der Waals surface area contributed by atoms with Gasteiger partial charge in [-0.15, -0.1) is 0 Å². The number of halogens is 1. The van der Waals surface area contributed by atoms with Crippen molar-refractivity contribution in [2.45, 2.75) is 44.2 Å². The third-order valence-corrected chi connectivity index (χ3v) is 7.04. The lowest BCUT2D eigenvalue weighted by atomic mass is 10.1. The van der Waals surface area contributed by atoms with E-state index < -0.39 is 6.04 Å². The van der Waals surface area contributed by atoms with Crippen molar-refractivity contribution in [1.82, 2.24) is 25.4 Å². The van der Waals surface area contributed by atoms with Crippen molar-refractivity contribution >= 4 is 11.8 Å². The van der Waals surface area contributed by atoms with Gasteiger partial charge in [-0.05, 0) is 62.2 Å². The highest BCUT2D eigenvalue weighted by atomic mass is 19.1. The molecule has 2 aromatic rings. The second kappa shape index (κ2) is 12.1. The number of amides is 2. The number of piperazine rings is 1. The van der Waals surface area contributed by atoms with Gasteiger partial charge in [-0.25, -0.2) is 9.37 Å². The molecule has 9 heteroatoms. The van der Waals surface area contributed by atoms with E-state index in [0.29, 0.717) is 37.0 Å². The number of rotatable bonds is 10. The number of nitrogens with one attached hydrogen (secondary N) is 2. The number of likely N-dealkylation sites (N-methyl/N-ethyl adjacent to an activating group) is 1. The van der Waals surface area contributed by atoms with Crippen LogP contribution in [0.2, 0.25) is 0 Å². The molecule has 2 fully saturated rings. The van der Waals surface area contributed by atoms with Crippen molar-refractivity contribution in [2.75, 3.05) is 39.3 Å². The normalized spacial score (nSPS) is 20.4. The Morgan fingerprint density at radius 1 is 1.17 bits per heavy atom. The topological polar surface area (TPSA) is 101 Å². The molecule has 3 atom stereocenters. The summed E-state index contributed by atoms with van der Waals surface area (Å²) in [6.45, 7) is 6.75. The van der Waals surface area contributed by atoms with Crippen LogP contribution in [0.25, 0.3) is 0 Å². The standard InChI is InChI=1S/C27H33FN6O2/c1-2-33-12-14-34(15-13-33)27(36)24(32-26(35)20-7-10-22(17-29)31-18-20)4-3-11-30-25-16-23(25)19-5-8-21(28)9-6-19/h5-10,18,23-25,30H,2-4,11-16H2,1H3,(H,32,35)/t23-,24-,25+/m0/s1. The molecule has 0 bridgehead atoms. The van der Waals surface area contributed by atoms with Crippen molar-refractivity contribution in [1.29, 1.82) is 5.26 Å².